The van der Waals surface area contributed by atoms with Crippen molar-refractivity contribution in [2.45, 2.75) is 74.2 Å². The number of hydrogen-bond donors (Lipinski definition) is 3. The Labute approximate surface area is 257 Å². The van der Waals surface area contributed by atoms with Crippen LogP contribution in [0.1, 0.15) is 50.8 Å². The molecule has 2 aromatic rings. The average molecular weight is 658 g/mol. The lowest BCUT2D eigenvalue weighted by Gasteiger charge is -2.50. The van der Waals surface area contributed by atoms with Crippen molar-refractivity contribution in [2.24, 2.45) is 0 Å². The maximum Gasteiger partial charge on any atom is 0.352 e. The molecule has 0 bridgehead atoms. The Kier molecular flexibility index (Phi) is 11.4. The van der Waals surface area contributed by atoms with E-state index in [9.17, 15) is 27.9 Å². The maximum atomic E-state index is 13.4. The molecular formula is C25H35N7O6S4. The monoisotopic (exact) mass is 657 g/mol. The van der Waals surface area contributed by atoms with Gasteiger partial charge in [-0.2, -0.15) is 5.21 Å². The highest BCUT2D eigenvalue weighted by molar-refractivity contribution is 8.01. The fourth-order valence-corrected chi connectivity index (χ4v) is 9.76. The number of carbonyl (C=O) groups is 3. The largest absolute Gasteiger partial charge is 0.477 e. The lowest BCUT2D eigenvalue weighted by atomic mass is 10.0. The van der Waals surface area contributed by atoms with Crippen LogP contribution in [0.25, 0.3) is 0 Å². The molecule has 3 atom stereocenters. The van der Waals surface area contributed by atoms with E-state index in [1.807, 2.05) is 31.4 Å². The average Bonchev–Trinajstić information content (AvgIpc) is 3.67. The molecular weight excluding hydrogens is 623 g/mol. The summed E-state index contributed by atoms with van der Waals surface area (Å²) in [6.07, 6.45) is 3.45. The number of aromatic nitrogens is 4. The Morgan fingerprint density at radius 1 is 1.29 bits per heavy atom. The van der Waals surface area contributed by atoms with Gasteiger partial charge in [0.15, 0.2) is 0 Å². The summed E-state index contributed by atoms with van der Waals surface area (Å²) in [6.45, 7) is 4.88. The van der Waals surface area contributed by atoms with Gasteiger partial charge in [-0.15, -0.1) is 33.3 Å². The van der Waals surface area contributed by atoms with Gasteiger partial charge in [-0.1, -0.05) is 44.5 Å². The number of aliphatic carboxylic acids is 1. The first kappa shape index (κ1) is 32.4. The number of hydrogen-bond acceptors (Lipinski definition) is 11. The molecule has 4 rings (SSSR count). The number of thioether (sulfide) groups is 2. The van der Waals surface area contributed by atoms with Crippen molar-refractivity contribution in [3.8, 4) is 0 Å². The van der Waals surface area contributed by atoms with Crippen molar-refractivity contribution in [1.29, 1.82) is 0 Å². The zero-order valence-electron chi connectivity index (χ0n) is 23.4. The second-order valence-corrected chi connectivity index (χ2v) is 15.3. The van der Waals surface area contributed by atoms with Crippen molar-refractivity contribution in [3.63, 3.8) is 0 Å². The van der Waals surface area contributed by atoms with E-state index >= 15 is 0 Å². The van der Waals surface area contributed by atoms with E-state index in [1.54, 1.807) is 0 Å². The first-order valence-corrected chi connectivity index (χ1v) is 18.2. The molecule has 2 aliphatic heterocycles. The smallest absolute Gasteiger partial charge is 0.352 e. The van der Waals surface area contributed by atoms with E-state index in [0.29, 0.717) is 18.7 Å². The highest BCUT2D eigenvalue weighted by atomic mass is 32.2. The van der Waals surface area contributed by atoms with E-state index in [0.717, 1.165) is 42.3 Å². The van der Waals surface area contributed by atoms with E-state index in [4.69, 9.17) is 0 Å². The van der Waals surface area contributed by atoms with E-state index < -0.39 is 38.6 Å². The van der Waals surface area contributed by atoms with E-state index in [1.165, 1.54) is 32.3 Å². The second-order valence-electron chi connectivity index (χ2n) is 9.90. The zero-order chi connectivity index (χ0) is 30.3. The van der Waals surface area contributed by atoms with Gasteiger partial charge in [0.2, 0.25) is 21.1 Å². The molecule has 0 radical (unpaired) electrons. The minimum atomic E-state index is -3.63. The summed E-state index contributed by atoms with van der Waals surface area (Å²) in [6, 6.07) is 2.84. The van der Waals surface area contributed by atoms with Gasteiger partial charge >= 0.3 is 5.97 Å². The highest BCUT2D eigenvalue weighted by Gasteiger charge is 2.54. The fraction of sp³-hybridized carbons (Fsp3) is 0.600. The van der Waals surface area contributed by atoms with E-state index in [-0.39, 0.29) is 41.1 Å². The van der Waals surface area contributed by atoms with Crippen LogP contribution < -0.4 is 5.32 Å². The summed E-state index contributed by atoms with van der Waals surface area (Å²) >= 11 is 3.89. The highest BCUT2D eigenvalue weighted by Crippen LogP contribution is 2.44. The number of nitrogens with zero attached hydrogens (tertiary/aromatic N) is 5. The molecule has 17 heteroatoms. The van der Waals surface area contributed by atoms with Gasteiger partial charge in [0.25, 0.3) is 5.91 Å². The van der Waals surface area contributed by atoms with Gasteiger partial charge in [-0.05, 0) is 41.5 Å². The number of sulfonamides is 1. The van der Waals surface area contributed by atoms with Gasteiger partial charge < -0.3 is 10.4 Å². The number of H-pyrrole nitrogens is 1. The molecule has 0 aliphatic carbocycles. The number of fused-ring (bicyclic) bond motifs is 1. The van der Waals surface area contributed by atoms with Crippen LogP contribution >= 0.6 is 34.9 Å². The molecule has 1 fully saturated rings. The number of carboxylic acids is 1. The molecule has 4 heterocycles. The molecule has 13 nitrogen and oxygen atoms in total. The normalized spacial score (nSPS) is 19.5. The minimum Gasteiger partial charge on any atom is -0.477 e. The van der Waals surface area contributed by atoms with Gasteiger partial charge in [0, 0.05) is 29.0 Å². The van der Waals surface area contributed by atoms with Crippen LogP contribution in [-0.2, 0) is 30.8 Å². The molecule has 2 aromatic heterocycles. The molecule has 3 N–H and O–H groups in total. The summed E-state index contributed by atoms with van der Waals surface area (Å²) in [4.78, 5) is 40.4. The third-order valence-corrected chi connectivity index (χ3v) is 12.2. The summed E-state index contributed by atoms with van der Waals surface area (Å²) in [5, 5.41) is 27.8. The summed E-state index contributed by atoms with van der Waals surface area (Å²) in [7, 11) is -3.63. The number of rotatable bonds is 17. The van der Waals surface area contributed by atoms with Crippen molar-refractivity contribution >= 4 is 62.7 Å². The Morgan fingerprint density at radius 2 is 2.02 bits per heavy atom. The summed E-state index contributed by atoms with van der Waals surface area (Å²) < 4.78 is 28.3. The van der Waals surface area contributed by atoms with Crippen LogP contribution in [0.4, 0.5) is 0 Å². The molecule has 230 valence electrons. The first-order chi connectivity index (χ1) is 20.2. The quantitative estimate of drug-likeness (QED) is 0.168. The molecule has 0 aromatic carbocycles. The van der Waals surface area contributed by atoms with Crippen molar-refractivity contribution in [3.05, 3.63) is 33.7 Å². The fourth-order valence-electron chi connectivity index (χ4n) is 4.76. The first-order valence-electron chi connectivity index (χ1n) is 13.8. The van der Waals surface area contributed by atoms with E-state index in [2.05, 4.69) is 25.9 Å². The third-order valence-electron chi connectivity index (χ3n) is 6.95. The number of thiophene rings is 1. The topological polar surface area (TPSA) is 179 Å². The number of carboxylic acid groups (broad SMARTS) is 1. The van der Waals surface area contributed by atoms with Gasteiger partial charge in [-0.3, -0.25) is 14.5 Å². The van der Waals surface area contributed by atoms with Crippen LogP contribution in [-0.4, -0.2) is 102 Å². The predicted octanol–water partition coefficient (Wildman–Crippen LogP) is 2.33. The standard InChI is InChI=1S/C25H35N7O6S4/c1-3-5-10-31(11-6-4-2)42(37,38)13-9-18(41-25-27-29-30-28-25)17-15-40-23-20(22(34)32(23)21(17)24(35)36)26-19(33)14-16-8-7-12-39-16/h7-8,12,18,20,23H,3-6,9-11,13-15H2,1-2H3,(H,26,33)(H,35,36)(H,27,28,29,30)/t18?,20?,23-/m0/s1. The predicted molar refractivity (Wildman–Crippen MR) is 161 cm³/mol. The Balaban J connectivity index is 1.55. The molecule has 0 spiro atoms. The Morgan fingerprint density at radius 3 is 2.62 bits per heavy atom. The maximum absolute atomic E-state index is 13.4. The number of carbonyl (C=O) groups excluding carboxylic acids is 2. The third kappa shape index (κ3) is 7.72. The van der Waals surface area contributed by atoms with Crippen LogP contribution in [0.2, 0.25) is 0 Å². The van der Waals surface area contributed by atoms with Crippen molar-refractivity contribution in [1.82, 2.24) is 35.1 Å². The zero-order valence-corrected chi connectivity index (χ0v) is 26.7. The van der Waals surface area contributed by atoms with Crippen LogP contribution in [0.15, 0.2) is 33.9 Å². The van der Waals surface area contributed by atoms with Crippen LogP contribution in [0.5, 0.6) is 0 Å². The number of amides is 2. The molecule has 0 saturated carbocycles. The lowest BCUT2D eigenvalue weighted by molar-refractivity contribution is -0.150. The Bertz CT molecular complexity index is 1360. The molecule has 2 aliphatic rings. The second kappa shape index (κ2) is 14.8. The lowest BCUT2D eigenvalue weighted by Crippen LogP contribution is -2.70. The summed E-state index contributed by atoms with van der Waals surface area (Å²) in [5.41, 5.74) is 0.235. The SMILES string of the molecule is CCCCN(CCCC)S(=O)(=O)CCC(Sc1nn[nH]n1)C1=C(C(=O)O)N2C(=O)C(NC(=O)Cc3cccs3)[C@@H]2SC1. The molecule has 1 saturated heterocycles. The van der Waals surface area contributed by atoms with Gasteiger partial charge in [0.1, 0.15) is 17.1 Å². The molecule has 2 unspecified atom stereocenters. The summed E-state index contributed by atoms with van der Waals surface area (Å²) in [5.74, 6) is -2.08. The number of nitrogens with one attached hydrogen (secondary N) is 2. The van der Waals surface area contributed by atoms with Crippen LogP contribution in [0.3, 0.4) is 0 Å². The number of β-lactam (4-membered cyclic amide) rings is 1. The van der Waals surface area contributed by atoms with Gasteiger partial charge in [0.05, 0.1) is 12.2 Å². The van der Waals surface area contributed by atoms with Crippen LogP contribution in [0, 0.1) is 0 Å². The minimum absolute atomic E-state index is 0.0939. The van der Waals surface area contributed by atoms with Crippen molar-refractivity contribution < 1.29 is 27.9 Å². The number of unbranched alkanes of at least 4 members (excludes halogenated alkanes) is 2. The number of tetrazole rings is 1. The Hall–Kier alpha value is -2.47. The van der Waals surface area contributed by atoms with Gasteiger partial charge in [-0.25, -0.2) is 17.5 Å². The molecule has 2 amide bonds. The van der Waals surface area contributed by atoms with Crippen molar-refractivity contribution in [2.75, 3.05) is 24.6 Å². The number of aromatic amines is 1. The molecule has 42 heavy (non-hydrogen) atoms.